The van der Waals surface area contributed by atoms with E-state index in [-0.39, 0.29) is 30.2 Å². The van der Waals surface area contributed by atoms with E-state index in [0.717, 1.165) is 94.7 Å². The van der Waals surface area contributed by atoms with Crippen LogP contribution < -0.4 is 25.2 Å². The quantitative estimate of drug-likeness (QED) is 0.276. The van der Waals surface area contributed by atoms with Gasteiger partial charge in [0.2, 0.25) is 5.88 Å². The highest BCUT2D eigenvalue weighted by Gasteiger charge is 2.41. The van der Waals surface area contributed by atoms with E-state index in [1.165, 1.54) is 7.11 Å². The van der Waals surface area contributed by atoms with Crippen molar-refractivity contribution in [3.05, 3.63) is 41.4 Å². The van der Waals surface area contributed by atoms with E-state index >= 15 is 0 Å². The van der Waals surface area contributed by atoms with Gasteiger partial charge in [0, 0.05) is 68.3 Å². The minimum Gasteiger partial charge on any atom is -0.474 e. The zero-order valence-corrected chi connectivity index (χ0v) is 29.3. The first-order chi connectivity index (χ1) is 23.7. The highest BCUT2D eigenvalue weighted by atomic mass is 35.5. The van der Waals surface area contributed by atoms with Crippen molar-refractivity contribution < 1.29 is 23.5 Å². The number of piperazine rings is 1. The van der Waals surface area contributed by atoms with E-state index in [2.05, 4.69) is 47.2 Å². The molecule has 0 amide bonds. The number of halogens is 1. The summed E-state index contributed by atoms with van der Waals surface area (Å²) in [4.78, 5) is 23.9. The molecule has 3 aromatic heterocycles. The van der Waals surface area contributed by atoms with Gasteiger partial charge in [-0.25, -0.2) is 4.98 Å². The monoisotopic (exact) mass is 694 g/mol. The standard InChI is InChI=1S/C35H47ClN8O5/c1-21(2)33(35(45)46-3)29-18-31(41-49-29)42-14-11-27(12-15-42)47-25-6-8-26(9-7-25)48-32-16-22(10-13-38-32)44-23-4-5-24(44)20-43(19-23)28-17-30(36)39-40-34(28)37/h10,13,16-18,21,23-27,33H,4-9,11-12,14-15,19-20H2,1-3H3,(H2,37,40). The van der Waals surface area contributed by atoms with Crippen molar-refractivity contribution in [1.29, 1.82) is 0 Å². The average molecular weight is 695 g/mol. The fraction of sp³-hybridized carbons (Fsp3) is 0.629. The Morgan fingerprint density at radius 2 is 1.63 bits per heavy atom. The summed E-state index contributed by atoms with van der Waals surface area (Å²) >= 11 is 6.14. The Morgan fingerprint density at radius 1 is 0.939 bits per heavy atom. The molecule has 3 atom stereocenters. The summed E-state index contributed by atoms with van der Waals surface area (Å²) in [7, 11) is 1.40. The lowest BCUT2D eigenvalue weighted by molar-refractivity contribution is -0.144. The van der Waals surface area contributed by atoms with Crippen LogP contribution in [0.25, 0.3) is 0 Å². The Hall–Kier alpha value is -3.84. The first-order valence-electron chi connectivity index (χ1n) is 17.6. The molecule has 264 valence electrons. The van der Waals surface area contributed by atoms with Crippen molar-refractivity contribution >= 4 is 40.6 Å². The van der Waals surface area contributed by atoms with E-state index < -0.39 is 5.92 Å². The number of nitrogen functional groups attached to an aromatic ring is 1. The second kappa shape index (κ2) is 14.6. The van der Waals surface area contributed by atoms with E-state index in [1.807, 2.05) is 32.2 Å². The molecule has 4 aliphatic rings. The Bertz CT molecular complexity index is 1580. The van der Waals surface area contributed by atoms with Crippen molar-refractivity contribution in [3.63, 3.8) is 0 Å². The number of fused-ring (bicyclic) bond motifs is 2. The molecular formula is C35H47ClN8O5. The van der Waals surface area contributed by atoms with Gasteiger partial charge in [-0.3, -0.25) is 4.79 Å². The number of carbonyl (C=O) groups is 1. The smallest absolute Gasteiger partial charge is 0.316 e. The summed E-state index contributed by atoms with van der Waals surface area (Å²) in [5.74, 6) is 1.72. The Labute approximate surface area is 292 Å². The number of piperidine rings is 1. The van der Waals surface area contributed by atoms with Crippen molar-refractivity contribution in [3.8, 4) is 5.88 Å². The van der Waals surface area contributed by atoms with Crippen molar-refractivity contribution in [2.75, 3.05) is 53.7 Å². The second-order valence-electron chi connectivity index (χ2n) is 14.2. The highest BCUT2D eigenvalue weighted by Crippen LogP contribution is 2.39. The fourth-order valence-corrected chi connectivity index (χ4v) is 8.28. The number of hydrogen-bond acceptors (Lipinski definition) is 13. The first kappa shape index (κ1) is 33.6. The van der Waals surface area contributed by atoms with Crippen LogP contribution in [-0.2, 0) is 14.3 Å². The minimum atomic E-state index is -0.458. The number of methoxy groups -OCH3 is 1. The van der Waals surface area contributed by atoms with Crippen LogP contribution in [0.2, 0.25) is 5.15 Å². The lowest BCUT2D eigenvalue weighted by Gasteiger charge is -2.43. The molecule has 14 heteroatoms. The van der Waals surface area contributed by atoms with Crippen LogP contribution in [0, 0.1) is 5.92 Å². The molecule has 13 nitrogen and oxygen atoms in total. The van der Waals surface area contributed by atoms with Gasteiger partial charge in [0.25, 0.3) is 0 Å². The van der Waals surface area contributed by atoms with Crippen LogP contribution in [-0.4, -0.2) is 90.0 Å². The SMILES string of the molecule is COC(=O)C(c1cc(N2CCC(OC3CCC(Oc4cc(N5C6CCC5CN(c5cc(Cl)nnc5N)C6)ccn4)CC3)CC2)no1)C(C)C. The number of hydrogen-bond donors (Lipinski definition) is 1. The number of anilines is 4. The van der Waals surface area contributed by atoms with Crippen molar-refractivity contribution in [1.82, 2.24) is 20.3 Å². The molecular weight excluding hydrogens is 648 g/mol. The first-order valence-corrected chi connectivity index (χ1v) is 18.0. The predicted octanol–water partition coefficient (Wildman–Crippen LogP) is 5.24. The Morgan fingerprint density at radius 3 is 2.33 bits per heavy atom. The number of rotatable bonds is 10. The molecule has 3 saturated heterocycles. The van der Waals surface area contributed by atoms with Gasteiger partial charge in [0.1, 0.15) is 12.0 Å². The summed E-state index contributed by atoms with van der Waals surface area (Å²) in [5.41, 5.74) is 8.17. The molecule has 0 spiro atoms. The molecule has 7 rings (SSSR count). The second-order valence-corrected chi connectivity index (χ2v) is 14.5. The number of ether oxygens (including phenoxy) is 3. The zero-order chi connectivity index (χ0) is 34.1. The lowest BCUT2D eigenvalue weighted by atomic mass is 9.93. The molecule has 49 heavy (non-hydrogen) atoms. The molecule has 2 bridgehead atoms. The van der Waals surface area contributed by atoms with E-state index in [4.69, 9.17) is 36.1 Å². The van der Waals surface area contributed by atoms with Crippen LogP contribution in [0.15, 0.2) is 35.0 Å². The Kier molecular flexibility index (Phi) is 10.00. The topological polar surface area (TPSA) is 145 Å². The average Bonchev–Trinajstić information content (AvgIpc) is 3.68. The summed E-state index contributed by atoms with van der Waals surface area (Å²) in [6.07, 6.45) is 10.4. The van der Waals surface area contributed by atoms with Gasteiger partial charge < -0.3 is 39.2 Å². The molecule has 0 radical (unpaired) electrons. The normalized spacial score (nSPS) is 25.1. The lowest BCUT2D eigenvalue weighted by Crippen LogP contribution is -2.54. The van der Waals surface area contributed by atoms with Gasteiger partial charge in [-0.15, -0.1) is 10.2 Å². The number of aromatic nitrogens is 4. The molecule has 2 N–H and O–H groups in total. The molecule has 3 unspecified atom stereocenters. The molecule has 3 aromatic rings. The van der Waals surface area contributed by atoms with E-state index in [0.29, 0.717) is 34.7 Å². The predicted molar refractivity (Wildman–Crippen MR) is 186 cm³/mol. The zero-order valence-electron chi connectivity index (χ0n) is 28.5. The number of nitrogens with two attached hydrogens (primary N) is 1. The molecule has 0 aromatic carbocycles. The summed E-state index contributed by atoms with van der Waals surface area (Å²) in [6.45, 7) is 7.32. The van der Waals surface area contributed by atoms with Crippen LogP contribution in [0.5, 0.6) is 5.88 Å². The number of pyridine rings is 1. The summed E-state index contributed by atoms with van der Waals surface area (Å²) in [6, 6.07) is 8.61. The minimum absolute atomic E-state index is 0.0510. The third-order valence-corrected chi connectivity index (χ3v) is 10.8. The molecule has 4 fully saturated rings. The molecule has 1 saturated carbocycles. The van der Waals surface area contributed by atoms with Gasteiger partial charge >= 0.3 is 5.97 Å². The van der Waals surface area contributed by atoms with E-state index in [9.17, 15) is 4.79 Å². The number of carbonyl (C=O) groups excluding carboxylic acids is 1. The Balaban J connectivity index is 0.870. The van der Waals surface area contributed by atoms with Gasteiger partial charge in [0.15, 0.2) is 22.5 Å². The maximum atomic E-state index is 12.3. The van der Waals surface area contributed by atoms with Crippen molar-refractivity contribution in [2.45, 2.75) is 102 Å². The molecule has 6 heterocycles. The van der Waals surface area contributed by atoms with Gasteiger partial charge in [0.05, 0.1) is 25.0 Å². The third kappa shape index (κ3) is 7.38. The highest BCUT2D eigenvalue weighted by molar-refractivity contribution is 6.29. The van der Waals surface area contributed by atoms with Crippen LogP contribution in [0.3, 0.4) is 0 Å². The molecule has 1 aliphatic carbocycles. The summed E-state index contributed by atoms with van der Waals surface area (Å²) < 4.78 is 23.6. The molecule has 3 aliphatic heterocycles. The number of esters is 1. The van der Waals surface area contributed by atoms with Crippen LogP contribution >= 0.6 is 11.6 Å². The van der Waals surface area contributed by atoms with Gasteiger partial charge in [-0.1, -0.05) is 30.6 Å². The van der Waals surface area contributed by atoms with Crippen LogP contribution in [0.4, 0.5) is 23.0 Å². The van der Waals surface area contributed by atoms with Gasteiger partial charge in [-0.05, 0) is 63.4 Å². The summed E-state index contributed by atoms with van der Waals surface area (Å²) in [5, 5.41) is 12.5. The van der Waals surface area contributed by atoms with Gasteiger partial charge in [-0.2, -0.15) is 0 Å². The third-order valence-electron chi connectivity index (χ3n) is 10.6. The van der Waals surface area contributed by atoms with Crippen LogP contribution in [0.1, 0.15) is 76.9 Å². The van der Waals surface area contributed by atoms with Crippen molar-refractivity contribution in [2.24, 2.45) is 5.92 Å². The fourth-order valence-electron chi connectivity index (χ4n) is 8.14. The largest absolute Gasteiger partial charge is 0.474 e. The maximum Gasteiger partial charge on any atom is 0.316 e. The van der Waals surface area contributed by atoms with E-state index in [1.54, 1.807) is 0 Å². The maximum absolute atomic E-state index is 12.3. The number of nitrogens with zero attached hydrogens (tertiary/aromatic N) is 7.